The molecule has 0 amide bonds. The van der Waals surface area contributed by atoms with Crippen LogP contribution in [0.1, 0.15) is 47.5 Å². The molecule has 1 aliphatic carbocycles. The fraction of sp³-hybridized carbons (Fsp3) is 0.429. The second kappa shape index (κ2) is 10.5. The van der Waals surface area contributed by atoms with E-state index in [-0.39, 0.29) is 11.9 Å². The summed E-state index contributed by atoms with van der Waals surface area (Å²) in [6, 6.07) is 0. The summed E-state index contributed by atoms with van der Waals surface area (Å²) in [4.78, 5) is 13.1. The van der Waals surface area contributed by atoms with E-state index in [1.807, 2.05) is 12.3 Å². The second-order valence-corrected chi connectivity index (χ2v) is 8.44. The summed E-state index contributed by atoms with van der Waals surface area (Å²) in [7, 11) is 1.62. The van der Waals surface area contributed by atoms with Crippen LogP contribution in [0.2, 0.25) is 0 Å². The highest BCUT2D eigenvalue weighted by Crippen LogP contribution is 2.42. The lowest BCUT2D eigenvalue weighted by molar-refractivity contribution is 0.0530. The van der Waals surface area contributed by atoms with Crippen LogP contribution in [-0.2, 0) is 15.9 Å². The van der Waals surface area contributed by atoms with Gasteiger partial charge in [-0.15, -0.1) is 23.1 Å². The Morgan fingerprint density at radius 1 is 1.43 bits per heavy atom. The van der Waals surface area contributed by atoms with E-state index in [1.54, 1.807) is 31.9 Å². The molecule has 5 nitrogen and oxygen atoms in total. The highest BCUT2D eigenvalue weighted by atomic mass is 32.2. The molecular weight excluding hydrogens is 394 g/mol. The van der Waals surface area contributed by atoms with Crippen molar-refractivity contribution in [1.82, 2.24) is 0 Å². The lowest BCUT2D eigenvalue weighted by Gasteiger charge is -2.25. The predicted octanol–water partition coefficient (Wildman–Crippen LogP) is 5.44. The Labute approximate surface area is 174 Å². The molecule has 28 heavy (non-hydrogen) atoms. The van der Waals surface area contributed by atoms with Crippen molar-refractivity contribution in [2.75, 3.05) is 20.0 Å². The average Bonchev–Trinajstić information content (AvgIpc) is 3.09. The number of allylic oxidation sites excluding steroid dienone is 4. The van der Waals surface area contributed by atoms with Gasteiger partial charge in [-0.3, -0.25) is 0 Å². The molecule has 1 aliphatic rings. The second-order valence-electron chi connectivity index (χ2n) is 6.35. The highest BCUT2D eigenvalue weighted by molar-refractivity contribution is 8.00. The summed E-state index contributed by atoms with van der Waals surface area (Å²) in [6.07, 6.45) is 9.83. The average molecular weight is 422 g/mol. The van der Waals surface area contributed by atoms with Gasteiger partial charge in [-0.1, -0.05) is 23.4 Å². The number of thioether (sulfide) groups is 1. The van der Waals surface area contributed by atoms with Crippen LogP contribution in [0.5, 0.6) is 0 Å². The zero-order valence-electron chi connectivity index (χ0n) is 16.8. The van der Waals surface area contributed by atoms with Crippen molar-refractivity contribution in [3.8, 4) is 0 Å². The lowest BCUT2D eigenvalue weighted by Crippen LogP contribution is -2.22. The maximum atomic E-state index is 12.5. The largest absolute Gasteiger partial charge is 0.497 e. The number of carbonyl (C=O) groups is 1. The molecule has 1 atom stereocenters. The maximum absolute atomic E-state index is 12.5. The van der Waals surface area contributed by atoms with E-state index in [4.69, 9.17) is 9.47 Å². The molecule has 0 saturated carbocycles. The van der Waals surface area contributed by atoms with E-state index in [0.717, 1.165) is 33.9 Å². The van der Waals surface area contributed by atoms with E-state index in [0.29, 0.717) is 23.6 Å². The minimum Gasteiger partial charge on any atom is -0.497 e. The number of hydrogen-bond donors (Lipinski definition) is 1. The molecule has 2 rings (SSSR count). The van der Waals surface area contributed by atoms with Gasteiger partial charge >= 0.3 is 5.97 Å². The van der Waals surface area contributed by atoms with Crippen LogP contribution in [0.25, 0.3) is 0 Å². The molecule has 1 heterocycles. The number of rotatable bonds is 8. The van der Waals surface area contributed by atoms with Crippen molar-refractivity contribution in [3.63, 3.8) is 0 Å². The van der Waals surface area contributed by atoms with Crippen molar-refractivity contribution < 1.29 is 19.5 Å². The Kier molecular flexibility index (Phi) is 8.38. The fourth-order valence-corrected chi connectivity index (χ4v) is 5.29. The van der Waals surface area contributed by atoms with Crippen molar-refractivity contribution in [1.29, 1.82) is 0 Å². The van der Waals surface area contributed by atoms with Crippen LogP contribution in [-0.4, -0.2) is 36.9 Å². The topological polar surface area (TPSA) is 68.1 Å². The zero-order valence-corrected chi connectivity index (χ0v) is 18.4. The SMILES string of the molecule is C=C/C(=C\C/C=C(\C)C1C/C(=N\O)c2c(SC)sc(C(=O)OCC)c2C1)OC. The molecule has 0 bridgehead atoms. The number of nitrogens with zero attached hydrogens (tertiary/aromatic N) is 1. The number of ether oxygens (including phenoxy) is 2. The third kappa shape index (κ3) is 4.89. The third-order valence-electron chi connectivity index (χ3n) is 4.76. The molecule has 0 fully saturated rings. The zero-order chi connectivity index (χ0) is 20.7. The molecule has 0 radical (unpaired) electrons. The Hall–Kier alpha value is -1.99. The van der Waals surface area contributed by atoms with Gasteiger partial charge < -0.3 is 14.7 Å². The first-order valence-corrected chi connectivity index (χ1v) is 11.2. The Morgan fingerprint density at radius 2 is 2.18 bits per heavy atom. The van der Waals surface area contributed by atoms with Crippen LogP contribution in [0.3, 0.4) is 0 Å². The van der Waals surface area contributed by atoms with Crippen molar-refractivity contribution in [3.05, 3.63) is 52.1 Å². The van der Waals surface area contributed by atoms with E-state index >= 15 is 0 Å². The molecule has 1 aromatic rings. The van der Waals surface area contributed by atoms with Crippen LogP contribution < -0.4 is 0 Å². The molecule has 0 saturated heterocycles. The highest BCUT2D eigenvalue weighted by Gasteiger charge is 2.33. The van der Waals surface area contributed by atoms with Gasteiger partial charge in [-0.25, -0.2) is 4.79 Å². The smallest absolute Gasteiger partial charge is 0.348 e. The summed E-state index contributed by atoms with van der Waals surface area (Å²) in [5, 5.41) is 13.2. The Balaban J connectivity index is 2.36. The Bertz CT molecular complexity index is 821. The van der Waals surface area contributed by atoms with Gasteiger partial charge in [0, 0.05) is 12.0 Å². The van der Waals surface area contributed by atoms with Gasteiger partial charge in [-0.05, 0) is 56.6 Å². The van der Waals surface area contributed by atoms with Gasteiger partial charge in [0.05, 0.1) is 23.6 Å². The molecule has 0 spiro atoms. The number of thiophene rings is 1. The van der Waals surface area contributed by atoms with Crippen LogP contribution in [0, 0.1) is 5.92 Å². The normalized spacial score (nSPS) is 18.7. The van der Waals surface area contributed by atoms with Gasteiger partial charge in [0.15, 0.2) is 0 Å². The third-order valence-corrected chi connectivity index (χ3v) is 7.09. The molecule has 0 aromatic carbocycles. The standard InChI is InChI=1S/C21H27NO4S2/c1-6-15(25-4)10-8-9-13(3)14-11-16-18(17(12-14)22-24)21(27-5)28-19(16)20(23)26-7-2/h6,9-10,14,24H,1,7-8,11-12H2,2-5H3/b13-9+,15-10+,22-17+. The molecule has 7 heteroatoms. The summed E-state index contributed by atoms with van der Waals surface area (Å²) < 4.78 is 11.4. The first kappa shape index (κ1) is 22.3. The Morgan fingerprint density at radius 3 is 2.75 bits per heavy atom. The molecular formula is C21H27NO4S2. The molecule has 1 N–H and O–H groups in total. The number of fused-ring (bicyclic) bond motifs is 1. The van der Waals surface area contributed by atoms with Gasteiger partial charge in [-0.2, -0.15) is 0 Å². The van der Waals surface area contributed by atoms with Crippen LogP contribution >= 0.6 is 23.1 Å². The van der Waals surface area contributed by atoms with E-state index in [9.17, 15) is 10.0 Å². The first-order chi connectivity index (χ1) is 13.5. The number of methoxy groups -OCH3 is 1. The minimum absolute atomic E-state index is 0.166. The van der Waals surface area contributed by atoms with Crippen molar-refractivity contribution in [2.24, 2.45) is 11.1 Å². The summed E-state index contributed by atoms with van der Waals surface area (Å²) >= 11 is 2.99. The van der Waals surface area contributed by atoms with Gasteiger partial charge in [0.2, 0.25) is 0 Å². The van der Waals surface area contributed by atoms with Crippen LogP contribution in [0.4, 0.5) is 0 Å². The number of hydrogen-bond acceptors (Lipinski definition) is 7. The summed E-state index contributed by atoms with van der Waals surface area (Å²) in [5.74, 6) is 0.598. The number of carbonyl (C=O) groups excluding carboxylic acids is 1. The summed E-state index contributed by atoms with van der Waals surface area (Å²) in [5.41, 5.74) is 3.66. The lowest BCUT2D eigenvalue weighted by atomic mass is 9.79. The van der Waals surface area contributed by atoms with Crippen LogP contribution in [0.15, 0.2) is 45.5 Å². The quantitative estimate of drug-likeness (QED) is 0.115. The maximum Gasteiger partial charge on any atom is 0.348 e. The molecule has 1 aromatic heterocycles. The molecule has 1 unspecified atom stereocenters. The first-order valence-electron chi connectivity index (χ1n) is 9.11. The molecule has 152 valence electrons. The monoisotopic (exact) mass is 421 g/mol. The van der Waals surface area contributed by atoms with E-state index in [2.05, 4.69) is 24.7 Å². The predicted molar refractivity (Wildman–Crippen MR) is 116 cm³/mol. The van der Waals surface area contributed by atoms with E-state index in [1.165, 1.54) is 16.9 Å². The van der Waals surface area contributed by atoms with Gasteiger partial charge in [0.25, 0.3) is 0 Å². The van der Waals surface area contributed by atoms with Crippen molar-refractivity contribution >= 4 is 34.8 Å². The molecule has 0 aliphatic heterocycles. The van der Waals surface area contributed by atoms with Gasteiger partial charge in [0.1, 0.15) is 10.6 Å². The fourth-order valence-electron chi connectivity index (χ4n) is 3.28. The minimum atomic E-state index is -0.303. The number of oxime groups is 1. The number of esters is 1. The van der Waals surface area contributed by atoms with Crippen molar-refractivity contribution in [2.45, 2.75) is 37.3 Å². The van der Waals surface area contributed by atoms with E-state index < -0.39 is 0 Å². The summed E-state index contributed by atoms with van der Waals surface area (Å²) in [6.45, 7) is 7.92.